The third-order valence-electron chi connectivity index (χ3n) is 4.07. The number of halogens is 4. The van der Waals surface area contributed by atoms with Gasteiger partial charge in [0.05, 0.1) is 0 Å². The molecule has 0 radical (unpaired) electrons. The average molecular weight is 374 g/mol. The van der Waals surface area contributed by atoms with Gasteiger partial charge in [-0.15, -0.1) is 0 Å². The Labute approximate surface area is 147 Å². The lowest BCUT2D eigenvalue weighted by Crippen LogP contribution is -2.48. The van der Waals surface area contributed by atoms with Crippen molar-refractivity contribution in [3.05, 3.63) is 35.6 Å². The van der Waals surface area contributed by atoms with Crippen LogP contribution in [0.25, 0.3) is 0 Å². The van der Waals surface area contributed by atoms with Gasteiger partial charge in [0.2, 0.25) is 11.8 Å². The van der Waals surface area contributed by atoms with Crippen LogP contribution in [0.5, 0.6) is 0 Å². The van der Waals surface area contributed by atoms with Crippen molar-refractivity contribution in [2.75, 3.05) is 13.1 Å². The van der Waals surface area contributed by atoms with Gasteiger partial charge in [0, 0.05) is 24.9 Å². The van der Waals surface area contributed by atoms with E-state index in [0.29, 0.717) is 6.42 Å². The molecule has 1 aromatic carbocycles. The van der Waals surface area contributed by atoms with E-state index < -0.39 is 36.4 Å². The summed E-state index contributed by atoms with van der Waals surface area (Å²) in [5.41, 5.74) is 0.264. The number of alkyl halides is 3. The van der Waals surface area contributed by atoms with Crippen LogP contribution in [0.15, 0.2) is 24.3 Å². The molecule has 1 saturated heterocycles. The zero-order valence-corrected chi connectivity index (χ0v) is 13.8. The number of carbonyl (C=O) groups excluding carboxylic acids is 3. The number of nitrogens with one attached hydrogen (secondary N) is 1. The van der Waals surface area contributed by atoms with Gasteiger partial charge >= 0.3 is 6.18 Å². The van der Waals surface area contributed by atoms with E-state index in [2.05, 4.69) is 0 Å². The van der Waals surface area contributed by atoms with Crippen molar-refractivity contribution < 1.29 is 31.9 Å². The molecule has 1 aliphatic heterocycles. The molecule has 1 N–H and O–H groups in total. The van der Waals surface area contributed by atoms with Gasteiger partial charge in [-0.25, -0.2) is 4.39 Å². The molecule has 0 aliphatic carbocycles. The molecule has 1 aliphatic rings. The minimum Gasteiger partial charge on any atom is -0.345 e. The Morgan fingerprint density at radius 2 is 1.77 bits per heavy atom. The molecule has 1 fully saturated rings. The van der Waals surface area contributed by atoms with E-state index in [0.717, 1.165) is 12.1 Å². The zero-order valence-electron chi connectivity index (χ0n) is 13.8. The van der Waals surface area contributed by atoms with Crippen LogP contribution in [0.1, 0.15) is 36.0 Å². The molecule has 0 saturated carbocycles. The fourth-order valence-corrected chi connectivity index (χ4v) is 2.79. The minimum absolute atomic E-state index is 0.127. The Hall–Kier alpha value is -2.45. The predicted molar refractivity (Wildman–Crippen MR) is 83.8 cm³/mol. The van der Waals surface area contributed by atoms with E-state index in [1.807, 2.05) is 0 Å². The first-order valence-electron chi connectivity index (χ1n) is 8.10. The van der Waals surface area contributed by atoms with E-state index in [4.69, 9.17) is 0 Å². The molecule has 0 spiro atoms. The predicted octanol–water partition coefficient (Wildman–Crippen LogP) is 2.46. The SMILES string of the molecule is O=C(CCC(=O)N1CCC[C@H]1C(=O)NCC(F)(F)F)c1ccc(F)cc1. The molecule has 142 valence electrons. The van der Waals surface area contributed by atoms with Crippen molar-refractivity contribution in [2.24, 2.45) is 0 Å². The van der Waals surface area contributed by atoms with Crippen molar-refractivity contribution in [1.82, 2.24) is 10.2 Å². The van der Waals surface area contributed by atoms with Crippen molar-refractivity contribution >= 4 is 17.6 Å². The molecule has 1 aromatic rings. The van der Waals surface area contributed by atoms with Crippen molar-refractivity contribution in [3.63, 3.8) is 0 Å². The van der Waals surface area contributed by atoms with Gasteiger partial charge in [0.15, 0.2) is 5.78 Å². The third-order valence-corrected chi connectivity index (χ3v) is 4.07. The standard InChI is InChI=1S/C17H18F4N2O3/c18-12-5-3-11(4-6-12)14(24)7-8-15(25)23-9-1-2-13(23)16(26)22-10-17(19,20)21/h3-6,13H,1-2,7-10H2,(H,22,26)/t13-/m0/s1. The molecule has 26 heavy (non-hydrogen) atoms. The number of nitrogens with zero attached hydrogens (tertiary/aromatic N) is 1. The third kappa shape index (κ3) is 5.53. The van der Waals surface area contributed by atoms with Gasteiger partial charge in [-0.05, 0) is 37.1 Å². The lowest BCUT2D eigenvalue weighted by molar-refractivity contribution is -0.144. The molecule has 0 bridgehead atoms. The summed E-state index contributed by atoms with van der Waals surface area (Å²) < 4.78 is 49.4. The van der Waals surface area contributed by atoms with Crippen LogP contribution in [0.4, 0.5) is 17.6 Å². The minimum atomic E-state index is -4.52. The molecule has 1 heterocycles. The second-order valence-electron chi connectivity index (χ2n) is 6.01. The molecule has 5 nitrogen and oxygen atoms in total. The highest BCUT2D eigenvalue weighted by molar-refractivity contribution is 5.98. The number of Topliss-reactive ketones (excluding diaryl/α,β-unsaturated/α-hetero) is 1. The van der Waals surface area contributed by atoms with Crippen molar-refractivity contribution in [3.8, 4) is 0 Å². The first-order chi connectivity index (χ1) is 12.2. The normalized spacial score (nSPS) is 17.2. The van der Waals surface area contributed by atoms with E-state index >= 15 is 0 Å². The van der Waals surface area contributed by atoms with Crippen molar-refractivity contribution in [2.45, 2.75) is 37.9 Å². The van der Waals surface area contributed by atoms with Crippen LogP contribution in [0.3, 0.4) is 0 Å². The van der Waals surface area contributed by atoms with Gasteiger partial charge < -0.3 is 10.2 Å². The highest BCUT2D eigenvalue weighted by Gasteiger charge is 2.36. The maximum absolute atomic E-state index is 12.8. The zero-order chi connectivity index (χ0) is 19.3. The first kappa shape index (κ1) is 19.9. The molecular formula is C17H18F4N2O3. The molecule has 2 rings (SSSR count). The number of amides is 2. The number of likely N-dealkylation sites (tertiary alicyclic amines) is 1. The monoisotopic (exact) mass is 374 g/mol. The lowest BCUT2D eigenvalue weighted by atomic mass is 10.1. The Kier molecular flexibility index (Phi) is 6.33. The number of hydrogen-bond acceptors (Lipinski definition) is 3. The smallest absolute Gasteiger partial charge is 0.345 e. The Balaban J connectivity index is 1.88. The van der Waals surface area contributed by atoms with E-state index in [1.165, 1.54) is 17.0 Å². The fourth-order valence-electron chi connectivity index (χ4n) is 2.79. The molecule has 1 atom stereocenters. The average Bonchev–Trinajstić information content (AvgIpc) is 3.07. The van der Waals surface area contributed by atoms with E-state index in [-0.39, 0.29) is 37.2 Å². The summed E-state index contributed by atoms with van der Waals surface area (Å²) in [5, 5.41) is 1.79. The summed E-state index contributed by atoms with van der Waals surface area (Å²) in [6.45, 7) is -1.19. The summed E-state index contributed by atoms with van der Waals surface area (Å²) in [6.07, 6.45) is -4.04. The van der Waals surface area contributed by atoms with E-state index in [1.54, 1.807) is 5.32 Å². The second-order valence-corrected chi connectivity index (χ2v) is 6.01. The van der Waals surface area contributed by atoms with Gasteiger partial charge in [-0.1, -0.05) is 0 Å². The van der Waals surface area contributed by atoms with Gasteiger partial charge in [-0.3, -0.25) is 14.4 Å². The van der Waals surface area contributed by atoms with Gasteiger partial charge in [0.1, 0.15) is 18.4 Å². The van der Waals surface area contributed by atoms with E-state index in [9.17, 15) is 31.9 Å². The van der Waals surface area contributed by atoms with Gasteiger partial charge in [-0.2, -0.15) is 13.2 Å². The number of carbonyl (C=O) groups is 3. The summed E-state index contributed by atoms with van der Waals surface area (Å²) in [5.74, 6) is -2.15. The Morgan fingerprint density at radius 1 is 1.12 bits per heavy atom. The maximum atomic E-state index is 12.8. The quantitative estimate of drug-likeness (QED) is 0.615. The number of hydrogen-bond donors (Lipinski definition) is 1. The highest BCUT2D eigenvalue weighted by Crippen LogP contribution is 2.20. The summed E-state index contributed by atoms with van der Waals surface area (Å²) in [7, 11) is 0. The lowest BCUT2D eigenvalue weighted by Gasteiger charge is -2.24. The largest absolute Gasteiger partial charge is 0.405 e. The van der Waals surface area contributed by atoms with Crippen molar-refractivity contribution in [1.29, 1.82) is 0 Å². The van der Waals surface area contributed by atoms with Crippen LogP contribution in [0.2, 0.25) is 0 Å². The summed E-state index contributed by atoms with van der Waals surface area (Å²) in [4.78, 5) is 37.4. The Bertz CT molecular complexity index is 674. The number of benzene rings is 1. The Morgan fingerprint density at radius 3 is 2.38 bits per heavy atom. The van der Waals surface area contributed by atoms with Crippen LogP contribution < -0.4 is 5.32 Å². The topological polar surface area (TPSA) is 66.5 Å². The highest BCUT2D eigenvalue weighted by atomic mass is 19.4. The molecule has 0 aromatic heterocycles. The van der Waals surface area contributed by atoms with Crippen LogP contribution in [0, 0.1) is 5.82 Å². The summed E-state index contributed by atoms with van der Waals surface area (Å²) >= 11 is 0. The maximum Gasteiger partial charge on any atom is 0.405 e. The number of rotatable bonds is 6. The molecule has 2 amide bonds. The van der Waals surface area contributed by atoms with Crippen LogP contribution >= 0.6 is 0 Å². The molecule has 0 unspecified atom stereocenters. The molecule has 9 heteroatoms. The second kappa shape index (κ2) is 8.29. The first-order valence-corrected chi connectivity index (χ1v) is 8.10. The number of ketones is 1. The van der Waals surface area contributed by atoms with Crippen LogP contribution in [-0.4, -0.2) is 47.8 Å². The molecular weight excluding hydrogens is 356 g/mol. The fraction of sp³-hybridized carbons (Fsp3) is 0.471. The van der Waals surface area contributed by atoms with Gasteiger partial charge in [0.25, 0.3) is 0 Å². The van der Waals surface area contributed by atoms with Crippen LogP contribution in [-0.2, 0) is 9.59 Å². The summed E-state index contributed by atoms with van der Waals surface area (Å²) in [6, 6.07) is 3.94.